The second-order valence-corrected chi connectivity index (χ2v) is 8.42. The Morgan fingerprint density at radius 3 is 2.48 bits per heavy atom. The molecule has 0 aromatic heterocycles. The summed E-state index contributed by atoms with van der Waals surface area (Å²) in [6.45, 7) is 0.526. The van der Waals surface area contributed by atoms with E-state index in [-0.39, 0.29) is 5.91 Å². The number of amides is 1. The highest BCUT2D eigenvalue weighted by molar-refractivity contribution is 9.10. The molecule has 0 radical (unpaired) electrons. The molecule has 1 saturated heterocycles. The molecule has 1 aliphatic rings. The summed E-state index contributed by atoms with van der Waals surface area (Å²) in [6, 6.07) is 13.6. The van der Waals surface area contributed by atoms with Gasteiger partial charge in [0.25, 0.3) is 5.91 Å². The van der Waals surface area contributed by atoms with Gasteiger partial charge in [-0.3, -0.25) is 9.69 Å². The second kappa shape index (κ2) is 8.91. The van der Waals surface area contributed by atoms with E-state index in [0.717, 1.165) is 15.6 Å². The van der Waals surface area contributed by atoms with Crippen LogP contribution in [0.4, 0.5) is 0 Å². The van der Waals surface area contributed by atoms with E-state index in [1.54, 1.807) is 19.1 Å². The Morgan fingerprint density at radius 1 is 1.11 bits per heavy atom. The van der Waals surface area contributed by atoms with Crippen LogP contribution >= 0.6 is 39.9 Å². The van der Waals surface area contributed by atoms with Gasteiger partial charge in [-0.1, -0.05) is 58.1 Å². The van der Waals surface area contributed by atoms with Gasteiger partial charge in [0.15, 0.2) is 11.5 Å². The van der Waals surface area contributed by atoms with E-state index in [0.29, 0.717) is 33.7 Å². The molecular weight excluding hydrogens is 446 g/mol. The average Bonchev–Trinajstić information content (AvgIpc) is 2.94. The van der Waals surface area contributed by atoms with Crippen molar-refractivity contribution in [2.75, 3.05) is 20.8 Å². The lowest BCUT2D eigenvalue weighted by molar-refractivity contribution is -0.122. The zero-order valence-corrected chi connectivity index (χ0v) is 18.1. The van der Waals surface area contributed by atoms with Gasteiger partial charge < -0.3 is 9.47 Å². The smallest absolute Gasteiger partial charge is 0.266 e. The van der Waals surface area contributed by atoms with Crippen molar-refractivity contribution in [1.29, 1.82) is 0 Å². The maximum absolute atomic E-state index is 12.7. The fraction of sp³-hybridized carbons (Fsp3) is 0.200. The molecule has 27 heavy (non-hydrogen) atoms. The molecule has 3 rings (SSSR count). The first kappa shape index (κ1) is 19.9. The molecule has 1 aliphatic heterocycles. The van der Waals surface area contributed by atoms with E-state index in [4.69, 9.17) is 21.7 Å². The highest BCUT2D eigenvalue weighted by Gasteiger charge is 2.31. The van der Waals surface area contributed by atoms with Crippen molar-refractivity contribution < 1.29 is 14.3 Å². The van der Waals surface area contributed by atoms with Crippen LogP contribution in [0.5, 0.6) is 11.5 Å². The van der Waals surface area contributed by atoms with Crippen molar-refractivity contribution in [1.82, 2.24) is 4.90 Å². The minimum absolute atomic E-state index is 0.0478. The Bertz CT molecular complexity index is 897. The third-order valence-electron chi connectivity index (χ3n) is 4.11. The third kappa shape index (κ3) is 4.72. The highest BCUT2D eigenvalue weighted by atomic mass is 79.9. The van der Waals surface area contributed by atoms with Gasteiger partial charge in [0.2, 0.25) is 0 Å². The van der Waals surface area contributed by atoms with Gasteiger partial charge in [-0.2, -0.15) is 0 Å². The van der Waals surface area contributed by atoms with Gasteiger partial charge in [-0.05, 0) is 47.9 Å². The molecule has 1 amide bonds. The first-order valence-corrected chi connectivity index (χ1v) is 10.3. The van der Waals surface area contributed by atoms with Crippen LogP contribution in [0.1, 0.15) is 11.1 Å². The molecule has 2 aromatic carbocycles. The van der Waals surface area contributed by atoms with Crippen molar-refractivity contribution >= 4 is 56.2 Å². The predicted octanol–water partition coefficient (Wildman–Crippen LogP) is 4.91. The lowest BCUT2D eigenvalue weighted by Gasteiger charge is -2.15. The minimum Gasteiger partial charge on any atom is -0.493 e. The van der Waals surface area contributed by atoms with Crippen LogP contribution in [0, 0.1) is 0 Å². The van der Waals surface area contributed by atoms with Gasteiger partial charge >= 0.3 is 0 Å². The van der Waals surface area contributed by atoms with Crippen LogP contribution in [-0.4, -0.2) is 35.9 Å². The topological polar surface area (TPSA) is 38.8 Å². The number of methoxy groups -OCH3 is 2. The number of benzene rings is 2. The number of halogens is 1. The quantitative estimate of drug-likeness (QED) is 0.449. The van der Waals surface area contributed by atoms with Gasteiger partial charge in [0, 0.05) is 11.0 Å². The van der Waals surface area contributed by atoms with Crippen molar-refractivity contribution in [3.8, 4) is 11.5 Å². The van der Waals surface area contributed by atoms with Crippen LogP contribution in [0.3, 0.4) is 0 Å². The summed E-state index contributed by atoms with van der Waals surface area (Å²) in [5.41, 5.74) is 2.03. The molecule has 0 atom stereocenters. The number of hydrogen-bond acceptors (Lipinski definition) is 5. The molecule has 2 aromatic rings. The molecule has 0 bridgehead atoms. The average molecular weight is 464 g/mol. The molecule has 140 valence electrons. The summed E-state index contributed by atoms with van der Waals surface area (Å²) in [5.74, 6) is 1.31. The van der Waals surface area contributed by atoms with E-state index in [1.165, 1.54) is 11.8 Å². The lowest BCUT2D eigenvalue weighted by atomic mass is 10.1. The van der Waals surface area contributed by atoms with E-state index < -0.39 is 0 Å². The minimum atomic E-state index is -0.0478. The highest BCUT2D eigenvalue weighted by Crippen LogP contribution is 2.33. The Kier molecular flexibility index (Phi) is 6.57. The monoisotopic (exact) mass is 463 g/mol. The number of carbonyl (C=O) groups is 1. The summed E-state index contributed by atoms with van der Waals surface area (Å²) >= 11 is 10.2. The maximum Gasteiger partial charge on any atom is 0.266 e. The maximum atomic E-state index is 12.7. The normalized spacial score (nSPS) is 15.5. The van der Waals surface area contributed by atoms with Crippen molar-refractivity contribution in [2.24, 2.45) is 0 Å². The summed E-state index contributed by atoms with van der Waals surface area (Å²) in [6.07, 6.45) is 2.56. The van der Waals surface area contributed by atoms with Crippen molar-refractivity contribution in [3.05, 3.63) is 63.0 Å². The van der Waals surface area contributed by atoms with Gasteiger partial charge in [-0.25, -0.2) is 0 Å². The Balaban J connectivity index is 1.70. The molecule has 7 heteroatoms. The largest absolute Gasteiger partial charge is 0.493 e. The molecule has 1 heterocycles. The first-order chi connectivity index (χ1) is 13.0. The molecule has 0 aliphatic carbocycles. The SMILES string of the molecule is COc1ccc(CCN2C(=O)/C(=C\c3ccc(Br)cc3)SC2=S)cc1OC. The van der Waals surface area contributed by atoms with E-state index >= 15 is 0 Å². The number of thioether (sulfide) groups is 1. The Labute approximate surface area is 176 Å². The summed E-state index contributed by atoms with van der Waals surface area (Å²) in [7, 11) is 3.21. The van der Waals surface area contributed by atoms with Crippen LogP contribution < -0.4 is 9.47 Å². The molecule has 0 saturated carbocycles. The van der Waals surface area contributed by atoms with Gasteiger partial charge in [0.1, 0.15) is 4.32 Å². The molecule has 0 N–H and O–H groups in total. The molecule has 4 nitrogen and oxygen atoms in total. The van der Waals surface area contributed by atoms with Crippen LogP contribution in [0.2, 0.25) is 0 Å². The number of ether oxygens (including phenoxy) is 2. The fourth-order valence-corrected chi connectivity index (χ4v) is 4.25. The second-order valence-electron chi connectivity index (χ2n) is 5.82. The van der Waals surface area contributed by atoms with E-state index in [1.807, 2.05) is 48.5 Å². The number of nitrogens with zero attached hydrogens (tertiary/aromatic N) is 1. The Hall–Kier alpha value is -1.83. The number of carbonyl (C=O) groups excluding carboxylic acids is 1. The van der Waals surface area contributed by atoms with Gasteiger partial charge in [-0.15, -0.1) is 0 Å². The third-order valence-corrected chi connectivity index (χ3v) is 6.02. The number of hydrogen-bond donors (Lipinski definition) is 0. The lowest BCUT2D eigenvalue weighted by Crippen LogP contribution is -2.30. The molecule has 1 fully saturated rings. The molecule has 0 unspecified atom stereocenters. The number of rotatable bonds is 6. The fourth-order valence-electron chi connectivity index (χ4n) is 2.68. The zero-order chi connectivity index (χ0) is 19.4. The first-order valence-electron chi connectivity index (χ1n) is 8.23. The predicted molar refractivity (Wildman–Crippen MR) is 117 cm³/mol. The Morgan fingerprint density at radius 2 is 1.81 bits per heavy atom. The molecular formula is C20H18BrNO3S2. The van der Waals surface area contributed by atoms with Gasteiger partial charge in [0.05, 0.1) is 19.1 Å². The van der Waals surface area contributed by atoms with E-state index in [9.17, 15) is 4.79 Å². The molecule has 0 spiro atoms. The zero-order valence-electron chi connectivity index (χ0n) is 14.9. The summed E-state index contributed by atoms with van der Waals surface area (Å²) in [4.78, 5) is 15.0. The van der Waals surface area contributed by atoms with Crippen LogP contribution in [0.15, 0.2) is 51.8 Å². The van der Waals surface area contributed by atoms with Crippen molar-refractivity contribution in [2.45, 2.75) is 6.42 Å². The number of thiocarbonyl (C=S) groups is 1. The summed E-state index contributed by atoms with van der Waals surface area (Å²) < 4.78 is 12.2. The van der Waals surface area contributed by atoms with Crippen LogP contribution in [0.25, 0.3) is 6.08 Å². The standard InChI is InChI=1S/C20H18BrNO3S2/c1-24-16-8-5-14(11-17(16)25-2)9-10-22-19(23)18(27-20(22)26)12-13-3-6-15(21)7-4-13/h3-8,11-12H,9-10H2,1-2H3/b18-12+. The van der Waals surface area contributed by atoms with Crippen molar-refractivity contribution in [3.63, 3.8) is 0 Å². The summed E-state index contributed by atoms with van der Waals surface area (Å²) in [5, 5.41) is 0. The van der Waals surface area contributed by atoms with Crippen LogP contribution in [-0.2, 0) is 11.2 Å². The van der Waals surface area contributed by atoms with E-state index in [2.05, 4.69) is 15.9 Å².